The second kappa shape index (κ2) is 6.03. The van der Waals surface area contributed by atoms with Gasteiger partial charge in [0.15, 0.2) is 0 Å². The number of halogens is 4. The Labute approximate surface area is 113 Å². The van der Waals surface area contributed by atoms with Crippen LogP contribution < -0.4 is 0 Å². The first-order valence-corrected chi connectivity index (χ1v) is 5.65. The van der Waals surface area contributed by atoms with Crippen molar-refractivity contribution in [2.45, 2.75) is 12.8 Å². The summed E-state index contributed by atoms with van der Waals surface area (Å²) >= 11 is 11.2. The molecule has 0 fully saturated rings. The Morgan fingerprint density at radius 1 is 1.39 bits per heavy atom. The fraction of sp³-hybridized carbons (Fsp3) is 0.250. The molecule has 0 aliphatic heterocycles. The summed E-state index contributed by atoms with van der Waals surface area (Å²) in [5, 5.41) is 0.154. The van der Waals surface area contributed by atoms with Crippen molar-refractivity contribution >= 4 is 29.2 Å². The monoisotopic (exact) mass is 292 g/mol. The first-order valence-electron chi connectivity index (χ1n) is 4.90. The molecule has 0 spiro atoms. The quantitative estimate of drug-likeness (QED) is 0.472. The SMILES string of the molecule is CCOC(=O)C#CC(F)(F)c1ccc(Cl)c(Cl)c1. The van der Waals surface area contributed by atoms with E-state index in [-0.39, 0.29) is 16.7 Å². The van der Waals surface area contributed by atoms with Gasteiger partial charge in [0, 0.05) is 11.5 Å². The van der Waals surface area contributed by atoms with Gasteiger partial charge in [-0.3, -0.25) is 0 Å². The minimum absolute atomic E-state index is 0.00761. The fourth-order valence-electron chi connectivity index (χ4n) is 1.06. The molecule has 0 aliphatic carbocycles. The average Bonchev–Trinajstić information content (AvgIpc) is 2.30. The lowest BCUT2D eigenvalue weighted by Gasteiger charge is -2.10. The summed E-state index contributed by atoms with van der Waals surface area (Å²) in [6.45, 7) is 1.63. The van der Waals surface area contributed by atoms with Crippen LogP contribution in [0.5, 0.6) is 0 Å². The predicted octanol–water partition coefficient (Wildman–Crippen LogP) is 3.65. The van der Waals surface area contributed by atoms with E-state index in [4.69, 9.17) is 23.2 Å². The molecule has 0 heterocycles. The zero-order chi connectivity index (χ0) is 13.8. The van der Waals surface area contributed by atoms with Crippen molar-refractivity contribution in [1.29, 1.82) is 0 Å². The highest BCUT2D eigenvalue weighted by atomic mass is 35.5. The Hall–Kier alpha value is -1.31. The second-order valence-electron chi connectivity index (χ2n) is 3.17. The van der Waals surface area contributed by atoms with Gasteiger partial charge in [0.2, 0.25) is 0 Å². The van der Waals surface area contributed by atoms with Crippen molar-refractivity contribution in [3.05, 3.63) is 33.8 Å². The van der Waals surface area contributed by atoms with Gasteiger partial charge in [0.1, 0.15) is 0 Å². The summed E-state index contributed by atoms with van der Waals surface area (Å²) in [5.41, 5.74) is -0.436. The van der Waals surface area contributed by atoms with Crippen molar-refractivity contribution < 1.29 is 18.3 Å². The smallest absolute Gasteiger partial charge is 0.384 e. The van der Waals surface area contributed by atoms with Crippen molar-refractivity contribution in [3.63, 3.8) is 0 Å². The molecule has 0 saturated heterocycles. The Bertz CT molecular complexity index is 519. The molecule has 0 aromatic heterocycles. The number of benzene rings is 1. The van der Waals surface area contributed by atoms with Gasteiger partial charge in [0.05, 0.1) is 16.7 Å². The standard InChI is InChI=1S/C12H8Cl2F2O2/c1-2-18-11(17)5-6-12(15,16)8-3-4-9(13)10(14)7-8/h3-4,7H,2H2,1H3. The predicted molar refractivity (Wildman–Crippen MR) is 64.8 cm³/mol. The highest BCUT2D eigenvalue weighted by molar-refractivity contribution is 6.42. The second-order valence-corrected chi connectivity index (χ2v) is 3.99. The molecule has 0 N–H and O–H groups in total. The lowest BCUT2D eigenvalue weighted by Crippen LogP contribution is -2.11. The number of carbonyl (C=O) groups excluding carboxylic acids is 1. The van der Waals surface area contributed by atoms with Crippen molar-refractivity contribution in [2.24, 2.45) is 0 Å². The van der Waals surface area contributed by atoms with E-state index in [9.17, 15) is 13.6 Å². The Morgan fingerprint density at radius 2 is 2.06 bits per heavy atom. The Kier molecular flexibility index (Phi) is 4.94. The molecule has 2 nitrogen and oxygen atoms in total. The zero-order valence-corrected chi connectivity index (χ0v) is 10.8. The van der Waals surface area contributed by atoms with Crippen LogP contribution in [0.15, 0.2) is 18.2 Å². The first kappa shape index (κ1) is 14.7. The van der Waals surface area contributed by atoms with Crippen molar-refractivity contribution in [1.82, 2.24) is 0 Å². The fourth-order valence-corrected chi connectivity index (χ4v) is 1.36. The summed E-state index contributed by atoms with van der Waals surface area (Å²) in [5.74, 6) is -1.24. The molecular formula is C12H8Cl2F2O2. The highest BCUT2D eigenvalue weighted by Gasteiger charge is 2.29. The summed E-state index contributed by atoms with van der Waals surface area (Å²) in [6, 6.07) is 3.33. The number of ether oxygens (including phenoxy) is 1. The van der Waals surface area contributed by atoms with Gasteiger partial charge in [-0.25, -0.2) is 4.79 Å². The van der Waals surface area contributed by atoms with Crippen molar-refractivity contribution in [3.8, 4) is 11.8 Å². The van der Waals surface area contributed by atoms with E-state index >= 15 is 0 Å². The van der Waals surface area contributed by atoms with Gasteiger partial charge < -0.3 is 4.74 Å². The van der Waals surface area contributed by atoms with Crippen LogP contribution in [0.3, 0.4) is 0 Å². The van der Waals surface area contributed by atoms with Crippen LogP contribution in [0, 0.1) is 11.8 Å². The van der Waals surface area contributed by atoms with Gasteiger partial charge >= 0.3 is 11.9 Å². The van der Waals surface area contributed by atoms with E-state index in [1.165, 1.54) is 6.07 Å². The molecule has 1 rings (SSSR count). The molecule has 0 radical (unpaired) electrons. The van der Waals surface area contributed by atoms with E-state index in [0.29, 0.717) is 0 Å². The zero-order valence-electron chi connectivity index (χ0n) is 9.27. The van der Waals surface area contributed by atoms with E-state index in [0.717, 1.165) is 12.1 Å². The molecule has 0 aliphatic rings. The van der Waals surface area contributed by atoms with E-state index in [1.807, 2.05) is 0 Å². The molecule has 6 heteroatoms. The maximum Gasteiger partial charge on any atom is 0.384 e. The molecule has 0 bridgehead atoms. The first-order chi connectivity index (χ1) is 8.36. The normalized spacial score (nSPS) is 10.5. The molecule has 18 heavy (non-hydrogen) atoms. The van der Waals surface area contributed by atoms with Crippen LogP contribution in [0.2, 0.25) is 10.0 Å². The van der Waals surface area contributed by atoms with Crippen molar-refractivity contribution in [2.75, 3.05) is 6.61 Å². The maximum absolute atomic E-state index is 13.6. The van der Waals surface area contributed by atoms with Gasteiger partial charge in [-0.15, -0.1) is 0 Å². The molecule has 0 atom stereocenters. The summed E-state index contributed by atoms with van der Waals surface area (Å²) < 4.78 is 31.6. The van der Waals surface area contributed by atoms with E-state index in [2.05, 4.69) is 4.74 Å². The number of carbonyl (C=O) groups is 1. The minimum Gasteiger partial charge on any atom is -0.456 e. The lowest BCUT2D eigenvalue weighted by molar-refractivity contribution is -0.136. The van der Waals surface area contributed by atoms with Gasteiger partial charge in [0.25, 0.3) is 0 Å². The molecule has 96 valence electrons. The summed E-state index contributed by atoms with van der Waals surface area (Å²) in [7, 11) is 0. The molecular weight excluding hydrogens is 285 g/mol. The third-order valence-electron chi connectivity index (χ3n) is 1.88. The van der Waals surface area contributed by atoms with Gasteiger partial charge in [-0.1, -0.05) is 29.3 Å². The minimum atomic E-state index is -3.50. The largest absolute Gasteiger partial charge is 0.456 e. The topological polar surface area (TPSA) is 26.3 Å². The molecule has 1 aromatic carbocycles. The summed E-state index contributed by atoms with van der Waals surface area (Å²) in [4.78, 5) is 10.9. The third-order valence-corrected chi connectivity index (χ3v) is 2.62. The van der Waals surface area contributed by atoms with E-state index < -0.39 is 17.5 Å². The van der Waals surface area contributed by atoms with Crippen LogP contribution in [0.4, 0.5) is 8.78 Å². The van der Waals surface area contributed by atoms with Gasteiger partial charge in [-0.2, -0.15) is 8.78 Å². The number of rotatable bonds is 2. The molecule has 0 saturated carbocycles. The molecule has 1 aromatic rings. The summed E-state index contributed by atoms with van der Waals surface area (Å²) in [6.07, 6.45) is 0. The molecule has 0 amide bonds. The van der Waals surface area contributed by atoms with Crippen LogP contribution >= 0.6 is 23.2 Å². The number of hydrogen-bond donors (Lipinski definition) is 0. The highest BCUT2D eigenvalue weighted by Crippen LogP contribution is 2.32. The van der Waals surface area contributed by atoms with Crippen LogP contribution in [-0.2, 0) is 15.5 Å². The lowest BCUT2D eigenvalue weighted by atomic mass is 10.1. The Morgan fingerprint density at radius 3 is 2.61 bits per heavy atom. The number of alkyl halides is 2. The maximum atomic E-state index is 13.6. The van der Waals surface area contributed by atoms with Crippen LogP contribution in [0.1, 0.15) is 12.5 Å². The number of esters is 1. The van der Waals surface area contributed by atoms with Crippen LogP contribution in [-0.4, -0.2) is 12.6 Å². The number of hydrogen-bond acceptors (Lipinski definition) is 2. The molecule has 0 unspecified atom stereocenters. The third kappa shape index (κ3) is 3.86. The van der Waals surface area contributed by atoms with Gasteiger partial charge in [-0.05, 0) is 25.0 Å². The Balaban J connectivity index is 2.98. The van der Waals surface area contributed by atoms with Crippen LogP contribution in [0.25, 0.3) is 0 Å². The van der Waals surface area contributed by atoms with E-state index in [1.54, 1.807) is 18.8 Å². The average molecular weight is 293 g/mol.